The number of imide groups is 1. The van der Waals surface area contributed by atoms with Gasteiger partial charge in [0.15, 0.2) is 0 Å². The number of benzene rings is 1. The Kier molecular flexibility index (Phi) is 8.64. The molecule has 3 amide bonds. The van der Waals surface area contributed by atoms with Gasteiger partial charge in [-0.15, -0.1) is 0 Å². The van der Waals surface area contributed by atoms with Crippen LogP contribution in [0, 0.1) is 12.3 Å². The minimum Gasteiger partial charge on any atom is -0.388 e. The fourth-order valence-electron chi connectivity index (χ4n) is 2.80. The van der Waals surface area contributed by atoms with E-state index < -0.39 is 18.2 Å². The van der Waals surface area contributed by atoms with Crippen molar-refractivity contribution in [2.24, 2.45) is 5.41 Å². The Labute approximate surface area is 181 Å². The molecule has 1 radical (unpaired) electrons. The number of urea groups is 1. The van der Waals surface area contributed by atoms with Gasteiger partial charge in [-0.05, 0) is 29.5 Å². The topological polar surface area (TPSA) is 69.6 Å². The van der Waals surface area contributed by atoms with Crippen LogP contribution in [0.15, 0.2) is 36.4 Å². The van der Waals surface area contributed by atoms with E-state index in [0.29, 0.717) is 12.1 Å². The Hall–Kier alpha value is -1.04. The van der Waals surface area contributed by atoms with E-state index in [0.717, 1.165) is 18.4 Å². The Bertz CT molecular complexity index is 650. The molecule has 2 unspecified atom stereocenters. The molecule has 1 fully saturated rings. The maximum Gasteiger partial charge on any atom is 0.329 e. The molecule has 0 aliphatic carbocycles. The van der Waals surface area contributed by atoms with Crippen molar-refractivity contribution in [2.75, 3.05) is 4.90 Å². The number of amides is 3. The van der Waals surface area contributed by atoms with Gasteiger partial charge in [0, 0.05) is 38.4 Å². The van der Waals surface area contributed by atoms with Gasteiger partial charge in [0.2, 0.25) is 0 Å². The number of aliphatic hydroxyl groups excluding tert-OH is 1. The zero-order valence-corrected chi connectivity index (χ0v) is 18.6. The number of allylic oxidation sites excluding steroid dienone is 1. The SMILES string of the molecule is [CH2-]CC/C=C\CC1C(=O)NC(=O)N1c1ccc(C(O)C(C)(C)C)cc1.[Y]. The van der Waals surface area contributed by atoms with Crippen LogP contribution in [0.1, 0.15) is 51.7 Å². The zero-order chi connectivity index (χ0) is 18.6. The minimum absolute atomic E-state index is 0. The molecule has 0 spiro atoms. The Balaban J connectivity index is 0.00000338. The molecule has 2 N–H and O–H groups in total. The second-order valence-electron chi connectivity index (χ2n) is 7.39. The van der Waals surface area contributed by atoms with E-state index in [9.17, 15) is 14.7 Å². The van der Waals surface area contributed by atoms with Crippen LogP contribution >= 0.6 is 0 Å². The van der Waals surface area contributed by atoms with Crippen molar-refractivity contribution in [2.45, 2.75) is 52.2 Å². The molecule has 1 aliphatic heterocycles. The summed E-state index contributed by atoms with van der Waals surface area (Å²) >= 11 is 0. The van der Waals surface area contributed by atoms with Crippen LogP contribution in [0.4, 0.5) is 10.5 Å². The fraction of sp³-hybridized carbons (Fsp3) is 0.450. The molecule has 1 saturated heterocycles. The Morgan fingerprint density at radius 1 is 1.23 bits per heavy atom. The van der Waals surface area contributed by atoms with Crippen LogP contribution < -0.4 is 10.2 Å². The van der Waals surface area contributed by atoms with Gasteiger partial charge in [-0.1, -0.05) is 51.5 Å². The Morgan fingerprint density at radius 2 is 1.85 bits per heavy atom. The monoisotopic (exact) mass is 432 g/mol. The first kappa shape index (κ1) is 23.0. The van der Waals surface area contributed by atoms with Crippen LogP contribution in [0.3, 0.4) is 0 Å². The van der Waals surface area contributed by atoms with Crippen molar-refractivity contribution in [1.82, 2.24) is 5.32 Å². The van der Waals surface area contributed by atoms with Gasteiger partial charge in [-0.3, -0.25) is 15.0 Å². The van der Waals surface area contributed by atoms with E-state index in [1.807, 2.05) is 32.9 Å². The van der Waals surface area contributed by atoms with Crippen LogP contribution in [0.5, 0.6) is 0 Å². The van der Waals surface area contributed by atoms with Crippen LogP contribution in [-0.4, -0.2) is 23.1 Å². The molecule has 0 bridgehead atoms. The van der Waals surface area contributed by atoms with Gasteiger partial charge in [-0.2, -0.15) is 6.42 Å². The third-order valence-corrected chi connectivity index (χ3v) is 4.27. The van der Waals surface area contributed by atoms with Crippen LogP contribution in [-0.2, 0) is 37.5 Å². The standard InChI is InChI=1S/C20H27N2O3.Y/c1-5-6-7-8-9-16-18(24)21-19(25)22(16)15-12-10-14(11-13-15)17(23)20(2,3)4;/h7-8,10-13,16-17,23H,1,5-6,9H2,2-4H3,(H,21,24,25);/q-1;/b8-7-;. The summed E-state index contributed by atoms with van der Waals surface area (Å²) < 4.78 is 0. The van der Waals surface area contributed by atoms with E-state index in [4.69, 9.17) is 0 Å². The minimum atomic E-state index is -0.600. The van der Waals surface area contributed by atoms with Gasteiger partial charge in [0.1, 0.15) is 6.04 Å². The molecule has 5 nitrogen and oxygen atoms in total. The second-order valence-corrected chi connectivity index (χ2v) is 7.39. The van der Waals surface area contributed by atoms with E-state index in [-0.39, 0.29) is 44.0 Å². The number of anilines is 1. The molecule has 1 heterocycles. The quantitative estimate of drug-likeness (QED) is 0.409. The molecular weight excluding hydrogens is 405 g/mol. The van der Waals surface area contributed by atoms with Gasteiger partial charge >= 0.3 is 6.03 Å². The van der Waals surface area contributed by atoms with Crippen molar-refractivity contribution in [3.8, 4) is 0 Å². The molecule has 2 rings (SSSR count). The van der Waals surface area contributed by atoms with E-state index >= 15 is 0 Å². The van der Waals surface area contributed by atoms with Gasteiger partial charge in [0.05, 0.1) is 6.10 Å². The summed E-state index contributed by atoms with van der Waals surface area (Å²) in [6, 6.07) is 6.19. The summed E-state index contributed by atoms with van der Waals surface area (Å²) in [5.74, 6) is -0.289. The number of aliphatic hydroxyl groups is 1. The number of nitrogens with zero attached hydrogens (tertiary/aromatic N) is 1. The largest absolute Gasteiger partial charge is 0.388 e. The second kappa shape index (κ2) is 9.77. The third-order valence-electron chi connectivity index (χ3n) is 4.27. The number of carbonyl (C=O) groups excluding carboxylic acids is 2. The number of carbonyl (C=O) groups is 2. The smallest absolute Gasteiger partial charge is 0.329 e. The van der Waals surface area contributed by atoms with Gasteiger partial charge in [0.25, 0.3) is 5.91 Å². The van der Waals surface area contributed by atoms with Gasteiger partial charge in [-0.25, -0.2) is 4.79 Å². The molecule has 6 heteroatoms. The average molecular weight is 432 g/mol. The number of rotatable bonds is 6. The Morgan fingerprint density at radius 3 is 2.38 bits per heavy atom. The summed E-state index contributed by atoms with van der Waals surface area (Å²) in [7, 11) is 0. The molecule has 2 atom stereocenters. The first-order valence-corrected chi connectivity index (χ1v) is 8.62. The fourth-order valence-corrected chi connectivity index (χ4v) is 2.80. The zero-order valence-electron chi connectivity index (χ0n) is 15.7. The molecule has 139 valence electrons. The molecular formula is C20H27N2O3Y-. The van der Waals surface area contributed by atoms with Crippen molar-refractivity contribution >= 4 is 17.6 Å². The molecule has 26 heavy (non-hydrogen) atoms. The van der Waals surface area contributed by atoms with Crippen molar-refractivity contribution in [3.63, 3.8) is 0 Å². The van der Waals surface area contributed by atoms with Crippen LogP contribution in [0.2, 0.25) is 0 Å². The normalized spacial score (nSPS) is 18.8. The number of hydrogen-bond acceptors (Lipinski definition) is 3. The molecule has 1 aromatic rings. The summed E-state index contributed by atoms with van der Waals surface area (Å²) in [5.41, 5.74) is 1.15. The maximum atomic E-state index is 12.2. The molecule has 0 aromatic heterocycles. The van der Waals surface area contributed by atoms with E-state index in [2.05, 4.69) is 12.2 Å². The maximum absolute atomic E-state index is 12.2. The molecule has 1 aromatic carbocycles. The van der Waals surface area contributed by atoms with Gasteiger partial charge < -0.3 is 12.0 Å². The predicted octanol–water partition coefficient (Wildman–Crippen LogP) is 3.75. The summed E-state index contributed by atoms with van der Waals surface area (Å²) in [6.45, 7) is 9.66. The number of unbranched alkanes of at least 4 members (excludes halogenated alkanes) is 1. The third kappa shape index (κ3) is 5.48. The van der Waals surface area contributed by atoms with Crippen molar-refractivity contribution in [1.29, 1.82) is 0 Å². The first-order valence-electron chi connectivity index (χ1n) is 8.62. The summed E-state index contributed by atoms with van der Waals surface area (Å²) in [5, 5.41) is 12.7. The molecule has 0 saturated carbocycles. The molecule has 1 aliphatic rings. The first-order chi connectivity index (χ1) is 11.8. The predicted molar refractivity (Wildman–Crippen MR) is 99.0 cm³/mol. The summed E-state index contributed by atoms with van der Waals surface area (Å²) in [4.78, 5) is 25.7. The van der Waals surface area contributed by atoms with Crippen LogP contribution in [0.25, 0.3) is 0 Å². The van der Waals surface area contributed by atoms with E-state index in [1.165, 1.54) is 4.90 Å². The average Bonchev–Trinajstić information content (AvgIpc) is 2.84. The van der Waals surface area contributed by atoms with E-state index in [1.54, 1.807) is 24.3 Å². The number of hydrogen-bond donors (Lipinski definition) is 2. The summed E-state index contributed by atoms with van der Waals surface area (Å²) in [6.07, 6.45) is 5.40. The van der Waals surface area contributed by atoms with Crippen molar-refractivity contribution in [3.05, 3.63) is 48.9 Å². The van der Waals surface area contributed by atoms with Crippen molar-refractivity contribution < 1.29 is 47.4 Å². The number of nitrogens with one attached hydrogen (secondary N) is 1.